The van der Waals surface area contributed by atoms with E-state index in [0.29, 0.717) is 19.6 Å². The molecule has 0 aromatic heterocycles. The first-order valence-electron chi connectivity index (χ1n) is 4.94. The molecule has 0 aromatic carbocycles. The molecular formula is C10H22N2O2. The van der Waals surface area contributed by atoms with E-state index >= 15 is 0 Å². The van der Waals surface area contributed by atoms with Crippen molar-refractivity contribution < 1.29 is 9.47 Å². The highest BCUT2D eigenvalue weighted by atomic mass is 16.5. The van der Waals surface area contributed by atoms with E-state index in [4.69, 9.17) is 20.6 Å². The maximum atomic E-state index is 7.01. The van der Waals surface area contributed by atoms with Gasteiger partial charge in [-0.2, -0.15) is 0 Å². The number of ether oxygens (including phenoxy) is 2. The Labute approximate surface area is 86.3 Å². The molecule has 0 spiro atoms. The van der Waals surface area contributed by atoms with E-state index in [2.05, 4.69) is 0 Å². The van der Waals surface area contributed by atoms with Crippen molar-refractivity contribution in [2.45, 2.75) is 38.7 Å². The molecule has 0 bridgehead atoms. The zero-order valence-electron chi connectivity index (χ0n) is 9.43. The predicted octanol–water partition coefficient (Wildman–Crippen LogP) is 1.53. The van der Waals surface area contributed by atoms with Crippen LogP contribution in [0.5, 0.6) is 0 Å². The summed E-state index contributed by atoms with van der Waals surface area (Å²) in [6.07, 6.45) is 2.32. The number of rotatable bonds is 8. The van der Waals surface area contributed by atoms with Gasteiger partial charge in [-0.15, -0.1) is 0 Å². The molecule has 3 N–H and O–H groups in total. The van der Waals surface area contributed by atoms with Crippen molar-refractivity contribution in [1.82, 2.24) is 0 Å². The summed E-state index contributed by atoms with van der Waals surface area (Å²) in [5.74, 6) is 0.228. The van der Waals surface area contributed by atoms with Crippen LogP contribution in [0.3, 0.4) is 0 Å². The minimum absolute atomic E-state index is 0.111. The first-order chi connectivity index (χ1) is 6.48. The van der Waals surface area contributed by atoms with Crippen LogP contribution in [0.4, 0.5) is 0 Å². The van der Waals surface area contributed by atoms with Crippen LogP contribution in [-0.2, 0) is 9.47 Å². The third-order valence-corrected chi connectivity index (χ3v) is 2.14. The van der Waals surface area contributed by atoms with E-state index in [1.165, 1.54) is 0 Å². The number of nitrogens with one attached hydrogen (secondary N) is 1. The normalized spacial score (nSPS) is 11.6. The molecular weight excluding hydrogens is 180 g/mol. The molecule has 84 valence electrons. The predicted molar refractivity (Wildman–Crippen MR) is 57.7 cm³/mol. The Morgan fingerprint density at radius 1 is 1.36 bits per heavy atom. The summed E-state index contributed by atoms with van der Waals surface area (Å²) in [6, 6.07) is 0. The van der Waals surface area contributed by atoms with Crippen LogP contribution < -0.4 is 5.73 Å². The second-order valence-electron chi connectivity index (χ2n) is 3.95. The Morgan fingerprint density at radius 2 is 2.00 bits per heavy atom. The van der Waals surface area contributed by atoms with Crippen LogP contribution in [0.2, 0.25) is 0 Å². The zero-order chi connectivity index (χ0) is 11.0. The van der Waals surface area contributed by atoms with Crippen molar-refractivity contribution in [1.29, 1.82) is 5.41 Å². The zero-order valence-corrected chi connectivity index (χ0v) is 9.43. The number of amidine groups is 1. The fraction of sp³-hybridized carbons (Fsp3) is 0.900. The molecule has 0 aliphatic carbocycles. The molecule has 4 heteroatoms. The van der Waals surface area contributed by atoms with Crippen molar-refractivity contribution >= 4 is 5.84 Å². The lowest BCUT2D eigenvalue weighted by atomic mass is 10.1. The van der Waals surface area contributed by atoms with Crippen LogP contribution in [0.15, 0.2) is 0 Å². The van der Waals surface area contributed by atoms with Gasteiger partial charge in [-0.05, 0) is 26.7 Å². The SMILES string of the molecule is COC(C)(C)CCOCCCC(=N)N. The molecule has 0 aliphatic rings. The molecule has 0 saturated heterocycles. The summed E-state index contributed by atoms with van der Waals surface area (Å²) >= 11 is 0. The van der Waals surface area contributed by atoms with E-state index in [1.54, 1.807) is 7.11 Å². The molecule has 0 radical (unpaired) electrons. The van der Waals surface area contributed by atoms with Crippen molar-refractivity contribution in [3.63, 3.8) is 0 Å². The Bertz CT molecular complexity index is 170. The highest BCUT2D eigenvalue weighted by Gasteiger charge is 2.15. The average molecular weight is 202 g/mol. The third kappa shape index (κ3) is 8.01. The molecule has 0 aliphatic heterocycles. The fourth-order valence-electron chi connectivity index (χ4n) is 0.887. The van der Waals surface area contributed by atoms with E-state index in [0.717, 1.165) is 12.8 Å². The second kappa shape index (κ2) is 6.79. The quantitative estimate of drug-likeness (QED) is 0.356. The minimum atomic E-state index is -0.111. The summed E-state index contributed by atoms with van der Waals surface area (Å²) in [6.45, 7) is 5.43. The first kappa shape index (κ1) is 13.4. The van der Waals surface area contributed by atoms with Gasteiger partial charge in [-0.25, -0.2) is 0 Å². The highest BCUT2D eigenvalue weighted by Crippen LogP contribution is 2.12. The Hall–Kier alpha value is -0.610. The number of hydrogen-bond donors (Lipinski definition) is 2. The van der Waals surface area contributed by atoms with Gasteiger partial charge < -0.3 is 15.2 Å². The van der Waals surface area contributed by atoms with Gasteiger partial charge in [0.2, 0.25) is 0 Å². The lowest BCUT2D eigenvalue weighted by Gasteiger charge is -2.22. The highest BCUT2D eigenvalue weighted by molar-refractivity contribution is 5.76. The van der Waals surface area contributed by atoms with Gasteiger partial charge in [0.25, 0.3) is 0 Å². The molecule has 0 saturated carbocycles. The van der Waals surface area contributed by atoms with Crippen molar-refractivity contribution in [3.05, 3.63) is 0 Å². The van der Waals surface area contributed by atoms with Crippen molar-refractivity contribution in [3.8, 4) is 0 Å². The Balaban J connectivity index is 3.25. The summed E-state index contributed by atoms with van der Waals surface area (Å²) in [4.78, 5) is 0. The number of nitrogens with two attached hydrogens (primary N) is 1. The van der Waals surface area contributed by atoms with E-state index in [-0.39, 0.29) is 11.4 Å². The van der Waals surface area contributed by atoms with E-state index in [1.807, 2.05) is 13.8 Å². The fourth-order valence-corrected chi connectivity index (χ4v) is 0.887. The van der Waals surface area contributed by atoms with Crippen LogP contribution in [0.25, 0.3) is 0 Å². The van der Waals surface area contributed by atoms with E-state index in [9.17, 15) is 0 Å². The van der Waals surface area contributed by atoms with Gasteiger partial charge in [0.1, 0.15) is 0 Å². The number of methoxy groups -OCH3 is 1. The van der Waals surface area contributed by atoms with Gasteiger partial charge in [-0.1, -0.05) is 0 Å². The lowest BCUT2D eigenvalue weighted by molar-refractivity contribution is -0.00986. The Kier molecular flexibility index (Phi) is 6.49. The van der Waals surface area contributed by atoms with Gasteiger partial charge in [0, 0.05) is 26.7 Å². The molecule has 0 heterocycles. The van der Waals surface area contributed by atoms with Gasteiger partial charge in [-0.3, -0.25) is 5.41 Å². The summed E-state index contributed by atoms with van der Waals surface area (Å²) in [7, 11) is 1.70. The third-order valence-electron chi connectivity index (χ3n) is 2.14. The molecule has 14 heavy (non-hydrogen) atoms. The molecule has 0 rings (SSSR count). The maximum absolute atomic E-state index is 7.01. The van der Waals surface area contributed by atoms with Crippen molar-refractivity contribution in [2.75, 3.05) is 20.3 Å². The smallest absolute Gasteiger partial charge is 0.0906 e. The summed E-state index contributed by atoms with van der Waals surface area (Å²) in [5, 5.41) is 7.01. The minimum Gasteiger partial charge on any atom is -0.388 e. The molecule has 0 fully saturated rings. The first-order valence-corrected chi connectivity index (χ1v) is 4.94. The maximum Gasteiger partial charge on any atom is 0.0906 e. The Morgan fingerprint density at radius 3 is 2.50 bits per heavy atom. The second-order valence-corrected chi connectivity index (χ2v) is 3.95. The average Bonchev–Trinajstić information content (AvgIpc) is 2.10. The lowest BCUT2D eigenvalue weighted by Crippen LogP contribution is -2.24. The molecule has 0 unspecified atom stereocenters. The monoisotopic (exact) mass is 202 g/mol. The largest absolute Gasteiger partial charge is 0.388 e. The summed E-state index contributed by atoms with van der Waals surface area (Å²) in [5.41, 5.74) is 5.10. The number of hydrogen-bond acceptors (Lipinski definition) is 3. The van der Waals surface area contributed by atoms with Crippen LogP contribution >= 0.6 is 0 Å². The van der Waals surface area contributed by atoms with Crippen molar-refractivity contribution in [2.24, 2.45) is 5.73 Å². The molecule has 0 amide bonds. The van der Waals surface area contributed by atoms with Crippen LogP contribution in [0.1, 0.15) is 33.1 Å². The topological polar surface area (TPSA) is 68.3 Å². The molecule has 0 aromatic rings. The molecule has 0 atom stereocenters. The van der Waals surface area contributed by atoms with Crippen LogP contribution in [0, 0.1) is 5.41 Å². The molecule has 4 nitrogen and oxygen atoms in total. The van der Waals surface area contributed by atoms with Gasteiger partial charge in [0.15, 0.2) is 0 Å². The summed E-state index contributed by atoms with van der Waals surface area (Å²) < 4.78 is 10.6. The van der Waals surface area contributed by atoms with Gasteiger partial charge in [0.05, 0.1) is 11.4 Å². The van der Waals surface area contributed by atoms with Gasteiger partial charge >= 0.3 is 0 Å². The van der Waals surface area contributed by atoms with E-state index < -0.39 is 0 Å². The standard InChI is InChI=1S/C10H22N2O2/c1-10(2,13-3)6-8-14-7-4-5-9(11)12/h4-8H2,1-3H3,(H3,11,12). The van der Waals surface area contributed by atoms with Crippen LogP contribution in [-0.4, -0.2) is 31.8 Å².